The number of aromatic hydroxyl groups is 1. The molecule has 0 amide bonds. The normalized spacial score (nSPS) is 12.3. The number of phenolic OH excluding ortho intramolecular Hbond substituents is 1. The highest BCUT2D eigenvalue weighted by Gasteiger charge is 2.21. The Hall–Kier alpha value is -1.51. The van der Waals surface area contributed by atoms with E-state index in [1.165, 1.54) is 6.07 Å². The molecule has 0 saturated heterocycles. The zero-order valence-electron chi connectivity index (χ0n) is 11.3. The van der Waals surface area contributed by atoms with E-state index in [4.69, 9.17) is 5.73 Å². The van der Waals surface area contributed by atoms with Crippen LogP contribution in [0.15, 0.2) is 18.2 Å². The lowest BCUT2D eigenvalue weighted by Gasteiger charge is -2.15. The quantitative estimate of drug-likeness (QED) is 0.571. The highest BCUT2D eigenvalue weighted by molar-refractivity contribution is 6.00. The maximum Gasteiger partial charge on any atom is 0.169 e. The van der Waals surface area contributed by atoms with Gasteiger partial charge in [-0.1, -0.05) is 33.1 Å². The molecule has 1 unspecified atom stereocenters. The first kappa shape index (κ1) is 14.6. The third kappa shape index (κ3) is 3.76. The number of unbranched alkanes of at least 4 members (excludes halogenated alkanes) is 1. The van der Waals surface area contributed by atoms with E-state index in [0.717, 1.165) is 32.1 Å². The molecule has 0 saturated carbocycles. The molecule has 0 aliphatic rings. The van der Waals surface area contributed by atoms with Gasteiger partial charge in [0, 0.05) is 17.7 Å². The first-order chi connectivity index (χ1) is 8.60. The van der Waals surface area contributed by atoms with Crippen molar-refractivity contribution in [1.29, 1.82) is 0 Å². The molecule has 0 radical (unpaired) electrons. The SMILES string of the molecule is CCCCC(CCC)C(=O)c1ccc(N)cc1O. The van der Waals surface area contributed by atoms with Crippen molar-refractivity contribution in [2.75, 3.05) is 5.73 Å². The topological polar surface area (TPSA) is 63.3 Å². The fourth-order valence-corrected chi connectivity index (χ4v) is 2.18. The number of hydrogen-bond acceptors (Lipinski definition) is 3. The second-order valence-electron chi connectivity index (χ2n) is 4.77. The molecule has 3 heteroatoms. The van der Waals surface area contributed by atoms with Crippen molar-refractivity contribution >= 4 is 11.5 Å². The minimum atomic E-state index is -0.00222. The van der Waals surface area contributed by atoms with Gasteiger partial charge in [0.15, 0.2) is 5.78 Å². The highest BCUT2D eigenvalue weighted by Crippen LogP contribution is 2.27. The number of nitrogen functional groups attached to an aromatic ring is 1. The number of hydrogen-bond donors (Lipinski definition) is 2. The van der Waals surface area contributed by atoms with Crippen LogP contribution in [0.25, 0.3) is 0 Å². The van der Waals surface area contributed by atoms with Gasteiger partial charge in [0.1, 0.15) is 5.75 Å². The maximum absolute atomic E-state index is 12.4. The van der Waals surface area contributed by atoms with Gasteiger partial charge in [0.05, 0.1) is 5.56 Å². The number of nitrogens with two attached hydrogens (primary N) is 1. The van der Waals surface area contributed by atoms with Crippen LogP contribution in [0.4, 0.5) is 5.69 Å². The third-order valence-corrected chi connectivity index (χ3v) is 3.20. The third-order valence-electron chi connectivity index (χ3n) is 3.20. The minimum absolute atomic E-state index is 0.00222. The number of carbonyl (C=O) groups excluding carboxylic acids is 1. The molecule has 1 aromatic rings. The van der Waals surface area contributed by atoms with Gasteiger partial charge in [-0.2, -0.15) is 0 Å². The number of rotatable bonds is 7. The Balaban J connectivity index is 2.87. The molecule has 18 heavy (non-hydrogen) atoms. The Labute approximate surface area is 109 Å². The van der Waals surface area contributed by atoms with E-state index in [1.54, 1.807) is 12.1 Å². The summed E-state index contributed by atoms with van der Waals surface area (Å²) in [6, 6.07) is 4.73. The molecular formula is C15H23NO2. The van der Waals surface area contributed by atoms with Gasteiger partial charge in [0.2, 0.25) is 0 Å². The monoisotopic (exact) mass is 249 g/mol. The van der Waals surface area contributed by atoms with Crippen molar-refractivity contribution in [1.82, 2.24) is 0 Å². The predicted octanol–water partition coefficient (Wildman–Crippen LogP) is 3.76. The average Bonchev–Trinajstić information content (AvgIpc) is 2.33. The first-order valence-corrected chi connectivity index (χ1v) is 6.72. The van der Waals surface area contributed by atoms with Crippen LogP contribution < -0.4 is 5.73 Å². The minimum Gasteiger partial charge on any atom is -0.507 e. The summed E-state index contributed by atoms with van der Waals surface area (Å²) >= 11 is 0. The molecule has 1 atom stereocenters. The largest absolute Gasteiger partial charge is 0.507 e. The first-order valence-electron chi connectivity index (χ1n) is 6.72. The summed E-state index contributed by atoms with van der Waals surface area (Å²) in [6.45, 7) is 4.20. The van der Waals surface area contributed by atoms with E-state index in [9.17, 15) is 9.90 Å². The Morgan fingerprint density at radius 2 is 2.00 bits per heavy atom. The molecular weight excluding hydrogens is 226 g/mol. The van der Waals surface area contributed by atoms with Gasteiger partial charge < -0.3 is 10.8 Å². The number of phenols is 1. The van der Waals surface area contributed by atoms with E-state index >= 15 is 0 Å². The van der Waals surface area contributed by atoms with Crippen molar-refractivity contribution in [3.05, 3.63) is 23.8 Å². The van der Waals surface area contributed by atoms with E-state index in [0.29, 0.717) is 11.3 Å². The van der Waals surface area contributed by atoms with Gasteiger partial charge in [-0.25, -0.2) is 0 Å². The lowest BCUT2D eigenvalue weighted by molar-refractivity contribution is 0.0901. The summed E-state index contributed by atoms with van der Waals surface area (Å²) in [5.74, 6) is 0.0601. The van der Waals surface area contributed by atoms with Crippen LogP contribution in [0, 0.1) is 5.92 Å². The second kappa shape index (κ2) is 7.04. The van der Waals surface area contributed by atoms with E-state index in [1.807, 2.05) is 0 Å². The van der Waals surface area contributed by atoms with Crippen LogP contribution in [0.5, 0.6) is 5.75 Å². The van der Waals surface area contributed by atoms with Crippen LogP contribution in [0.1, 0.15) is 56.3 Å². The molecule has 3 nitrogen and oxygen atoms in total. The summed E-state index contributed by atoms with van der Waals surface area (Å²) in [4.78, 5) is 12.4. The van der Waals surface area contributed by atoms with Gasteiger partial charge in [-0.15, -0.1) is 0 Å². The molecule has 3 N–H and O–H groups in total. The Kier molecular flexibility index (Phi) is 5.69. The second-order valence-corrected chi connectivity index (χ2v) is 4.77. The van der Waals surface area contributed by atoms with Crippen molar-refractivity contribution in [2.45, 2.75) is 46.0 Å². The number of carbonyl (C=O) groups is 1. The number of ketones is 1. The van der Waals surface area contributed by atoms with Crippen molar-refractivity contribution in [3.8, 4) is 5.75 Å². The van der Waals surface area contributed by atoms with Crippen LogP contribution in [-0.4, -0.2) is 10.9 Å². The smallest absolute Gasteiger partial charge is 0.169 e. The summed E-state index contributed by atoms with van der Waals surface area (Å²) in [6.07, 6.45) is 4.89. The number of anilines is 1. The summed E-state index contributed by atoms with van der Waals surface area (Å²) in [7, 11) is 0. The molecule has 0 bridgehead atoms. The highest BCUT2D eigenvalue weighted by atomic mass is 16.3. The van der Waals surface area contributed by atoms with Crippen molar-refractivity contribution in [3.63, 3.8) is 0 Å². The van der Waals surface area contributed by atoms with Crippen LogP contribution >= 0.6 is 0 Å². The van der Waals surface area contributed by atoms with Gasteiger partial charge in [0.25, 0.3) is 0 Å². The molecule has 1 aromatic carbocycles. The van der Waals surface area contributed by atoms with Gasteiger partial charge in [-0.3, -0.25) is 4.79 Å². The zero-order valence-corrected chi connectivity index (χ0v) is 11.3. The fraction of sp³-hybridized carbons (Fsp3) is 0.533. The molecule has 0 spiro atoms. The number of benzene rings is 1. The molecule has 0 heterocycles. The Morgan fingerprint density at radius 3 is 2.56 bits per heavy atom. The summed E-state index contributed by atoms with van der Waals surface area (Å²) < 4.78 is 0. The predicted molar refractivity (Wildman–Crippen MR) is 74.8 cm³/mol. The van der Waals surface area contributed by atoms with E-state index < -0.39 is 0 Å². The maximum atomic E-state index is 12.4. The Bertz CT molecular complexity index is 401. The van der Waals surface area contributed by atoms with Crippen LogP contribution in [-0.2, 0) is 0 Å². The molecule has 0 aliphatic carbocycles. The van der Waals surface area contributed by atoms with Crippen LogP contribution in [0.3, 0.4) is 0 Å². The standard InChI is InChI=1S/C15H23NO2/c1-3-5-7-11(6-4-2)15(18)13-9-8-12(16)10-14(13)17/h8-11,17H,3-7,16H2,1-2H3. The molecule has 0 fully saturated rings. The fourth-order valence-electron chi connectivity index (χ4n) is 2.18. The van der Waals surface area contributed by atoms with Gasteiger partial charge >= 0.3 is 0 Å². The molecule has 0 aliphatic heterocycles. The lowest BCUT2D eigenvalue weighted by atomic mass is 9.88. The Morgan fingerprint density at radius 1 is 1.28 bits per heavy atom. The van der Waals surface area contributed by atoms with Crippen LogP contribution in [0.2, 0.25) is 0 Å². The molecule has 100 valence electrons. The van der Waals surface area contributed by atoms with E-state index in [-0.39, 0.29) is 17.5 Å². The molecule has 1 rings (SSSR count). The van der Waals surface area contributed by atoms with Gasteiger partial charge in [-0.05, 0) is 25.0 Å². The molecule has 0 aromatic heterocycles. The zero-order chi connectivity index (χ0) is 13.5. The summed E-state index contributed by atoms with van der Waals surface area (Å²) in [5.41, 5.74) is 6.45. The average molecular weight is 249 g/mol. The van der Waals surface area contributed by atoms with Crippen molar-refractivity contribution < 1.29 is 9.90 Å². The van der Waals surface area contributed by atoms with E-state index in [2.05, 4.69) is 13.8 Å². The summed E-state index contributed by atoms with van der Waals surface area (Å²) in [5, 5.41) is 9.80. The number of Topliss-reactive ketones (excluding diaryl/α,β-unsaturated/α-hetero) is 1. The van der Waals surface area contributed by atoms with Crippen molar-refractivity contribution in [2.24, 2.45) is 5.92 Å². The lowest BCUT2D eigenvalue weighted by Crippen LogP contribution is -2.15.